The first-order chi connectivity index (χ1) is 10.5. The van der Waals surface area contributed by atoms with E-state index in [1.54, 1.807) is 0 Å². The Morgan fingerprint density at radius 3 is 2.22 bits per heavy atom. The smallest absolute Gasteiger partial charge is 0.244 e. The van der Waals surface area contributed by atoms with Crippen LogP contribution >= 0.6 is 35.9 Å². The average molecular weight is 378 g/mol. The van der Waals surface area contributed by atoms with Crippen molar-refractivity contribution in [2.24, 2.45) is 34.4 Å². The van der Waals surface area contributed by atoms with Gasteiger partial charge in [0, 0.05) is 5.54 Å². The molecule has 4 fully saturated rings. The summed E-state index contributed by atoms with van der Waals surface area (Å²) < 4.78 is -0.502. The SMILES string of the molecule is Cl.N=C(N)SC(SC=NN)C(=O)NC12CC3CC(CC(C3)C1)C2. The minimum absolute atomic E-state index is 0. The topological polar surface area (TPSA) is 117 Å². The highest BCUT2D eigenvalue weighted by molar-refractivity contribution is 8.30. The lowest BCUT2D eigenvalue weighted by atomic mass is 9.53. The second-order valence-corrected chi connectivity index (χ2v) is 9.29. The summed E-state index contributed by atoms with van der Waals surface area (Å²) in [7, 11) is 0. The number of nitrogens with zero attached hydrogens (tertiary/aromatic N) is 1. The van der Waals surface area contributed by atoms with Crippen molar-refractivity contribution in [3.8, 4) is 0 Å². The summed E-state index contributed by atoms with van der Waals surface area (Å²) in [5.41, 5.74) is 6.85. The summed E-state index contributed by atoms with van der Waals surface area (Å²) in [5, 5.41) is 14.1. The van der Waals surface area contributed by atoms with E-state index in [2.05, 4.69) is 10.4 Å². The standard InChI is InChI=1S/C14H23N5OS2.ClH/c15-13(16)22-12(21-7-18-17)11(20)19-14-4-8-1-9(5-14)3-10(2-8)6-14;/h7-10,12H,1-6,17H2,(H3,15,16)(H,19,20);1H. The Balaban J connectivity index is 0.00000192. The van der Waals surface area contributed by atoms with Gasteiger partial charge in [0.1, 0.15) is 4.58 Å². The molecule has 0 aliphatic heterocycles. The maximum absolute atomic E-state index is 12.7. The quantitative estimate of drug-likeness (QED) is 0.192. The fraction of sp³-hybridized carbons (Fsp3) is 0.786. The normalized spacial score (nSPS) is 35.7. The number of carbonyl (C=O) groups excluding carboxylic acids is 1. The molecule has 1 atom stereocenters. The largest absolute Gasteiger partial charge is 0.379 e. The van der Waals surface area contributed by atoms with Crippen LogP contribution in [0.15, 0.2) is 5.10 Å². The zero-order valence-corrected chi connectivity index (χ0v) is 15.3. The van der Waals surface area contributed by atoms with E-state index in [0.29, 0.717) is 0 Å². The third-order valence-corrected chi connectivity index (χ3v) is 7.13. The Labute approximate surface area is 151 Å². The van der Waals surface area contributed by atoms with Gasteiger partial charge < -0.3 is 16.9 Å². The van der Waals surface area contributed by atoms with Crippen LogP contribution in [0.2, 0.25) is 0 Å². The van der Waals surface area contributed by atoms with Gasteiger partial charge in [-0.25, -0.2) is 0 Å². The molecule has 4 bridgehead atoms. The molecule has 0 aromatic rings. The van der Waals surface area contributed by atoms with E-state index in [9.17, 15) is 4.79 Å². The van der Waals surface area contributed by atoms with Crippen molar-refractivity contribution in [2.75, 3.05) is 0 Å². The van der Waals surface area contributed by atoms with Gasteiger partial charge in [-0.15, -0.1) is 12.4 Å². The molecule has 1 amide bonds. The second-order valence-electron chi connectivity index (χ2n) is 6.89. The number of amides is 1. The average Bonchev–Trinajstić information content (AvgIpc) is 2.40. The van der Waals surface area contributed by atoms with Crippen LogP contribution in [-0.2, 0) is 4.79 Å². The predicted molar refractivity (Wildman–Crippen MR) is 99.9 cm³/mol. The number of hydrogen-bond acceptors (Lipinski definition) is 6. The molecule has 0 aromatic carbocycles. The van der Waals surface area contributed by atoms with E-state index in [1.807, 2.05) is 0 Å². The van der Waals surface area contributed by atoms with Gasteiger partial charge in [-0.05, 0) is 56.3 Å². The molecule has 6 N–H and O–H groups in total. The van der Waals surface area contributed by atoms with Gasteiger partial charge in [0.15, 0.2) is 5.17 Å². The number of halogens is 1. The summed E-state index contributed by atoms with van der Waals surface area (Å²) in [6.07, 6.45) is 7.35. The number of nitrogens with one attached hydrogen (secondary N) is 2. The molecular weight excluding hydrogens is 354 g/mol. The molecule has 23 heavy (non-hydrogen) atoms. The van der Waals surface area contributed by atoms with Gasteiger partial charge in [0.2, 0.25) is 5.91 Å². The Morgan fingerprint density at radius 1 is 1.26 bits per heavy atom. The van der Waals surface area contributed by atoms with Crippen LogP contribution in [0.3, 0.4) is 0 Å². The van der Waals surface area contributed by atoms with Gasteiger partial charge >= 0.3 is 0 Å². The fourth-order valence-corrected chi connectivity index (χ4v) is 6.38. The highest BCUT2D eigenvalue weighted by Gasteiger charge is 2.51. The van der Waals surface area contributed by atoms with Crippen LogP contribution in [0.4, 0.5) is 0 Å². The molecule has 4 aliphatic carbocycles. The van der Waals surface area contributed by atoms with Gasteiger partial charge in [-0.2, -0.15) is 5.10 Å². The van der Waals surface area contributed by atoms with E-state index in [-0.39, 0.29) is 29.0 Å². The van der Waals surface area contributed by atoms with Crippen LogP contribution in [0, 0.1) is 23.2 Å². The zero-order valence-electron chi connectivity index (χ0n) is 12.9. The molecule has 0 saturated heterocycles. The maximum Gasteiger partial charge on any atom is 0.244 e. The molecule has 4 rings (SSSR count). The van der Waals surface area contributed by atoms with Crippen molar-refractivity contribution < 1.29 is 4.79 Å². The van der Waals surface area contributed by atoms with Crippen molar-refractivity contribution >= 4 is 52.6 Å². The molecule has 4 saturated carbocycles. The first kappa shape index (κ1) is 18.7. The predicted octanol–water partition coefficient (Wildman–Crippen LogP) is 2.08. The maximum atomic E-state index is 12.7. The molecule has 0 aromatic heterocycles. The van der Waals surface area contributed by atoms with Crippen LogP contribution in [0.25, 0.3) is 0 Å². The number of carbonyl (C=O) groups is 1. The summed E-state index contributed by atoms with van der Waals surface area (Å²) in [6, 6.07) is 0. The highest BCUT2D eigenvalue weighted by Crippen LogP contribution is 2.55. The molecule has 4 aliphatic rings. The van der Waals surface area contributed by atoms with E-state index in [1.165, 1.54) is 36.6 Å². The fourth-order valence-electron chi connectivity index (χ4n) is 4.93. The first-order valence-corrected chi connectivity index (χ1v) is 9.52. The number of hydrogen-bond donors (Lipinski definition) is 4. The van der Waals surface area contributed by atoms with Gasteiger partial charge in [0.05, 0.1) is 5.55 Å². The van der Waals surface area contributed by atoms with Crippen molar-refractivity contribution in [3.05, 3.63) is 0 Å². The van der Waals surface area contributed by atoms with Crippen molar-refractivity contribution in [2.45, 2.75) is 48.6 Å². The lowest BCUT2D eigenvalue weighted by Gasteiger charge is -2.57. The van der Waals surface area contributed by atoms with Crippen molar-refractivity contribution in [1.29, 1.82) is 5.41 Å². The van der Waals surface area contributed by atoms with Crippen LogP contribution in [0.1, 0.15) is 38.5 Å². The number of nitrogens with two attached hydrogens (primary N) is 2. The highest BCUT2D eigenvalue weighted by atomic mass is 35.5. The van der Waals surface area contributed by atoms with E-state index < -0.39 is 4.58 Å². The Morgan fingerprint density at radius 2 is 1.78 bits per heavy atom. The Hall–Kier alpha value is -0.600. The first-order valence-electron chi connectivity index (χ1n) is 7.69. The third-order valence-electron chi connectivity index (χ3n) is 5.12. The molecular formula is C14H24ClN5OS2. The second kappa shape index (κ2) is 7.53. The third kappa shape index (κ3) is 4.28. The summed E-state index contributed by atoms with van der Waals surface area (Å²) in [6.45, 7) is 0. The number of thioether (sulfide) groups is 2. The monoisotopic (exact) mass is 377 g/mol. The van der Waals surface area contributed by atoms with E-state index in [4.69, 9.17) is 17.0 Å². The van der Waals surface area contributed by atoms with Crippen LogP contribution in [0.5, 0.6) is 0 Å². The van der Waals surface area contributed by atoms with Crippen LogP contribution < -0.4 is 16.9 Å². The summed E-state index contributed by atoms with van der Waals surface area (Å²) >= 11 is 2.24. The van der Waals surface area contributed by atoms with Crippen LogP contribution in [-0.4, -0.2) is 26.7 Å². The van der Waals surface area contributed by atoms with Crippen molar-refractivity contribution in [1.82, 2.24) is 5.32 Å². The number of hydrazone groups is 1. The number of amidine groups is 1. The van der Waals surface area contributed by atoms with E-state index in [0.717, 1.165) is 48.8 Å². The number of rotatable bonds is 5. The summed E-state index contributed by atoms with van der Waals surface area (Å²) in [4.78, 5) is 12.7. The minimum Gasteiger partial charge on any atom is -0.379 e. The van der Waals surface area contributed by atoms with Gasteiger partial charge in [0.25, 0.3) is 0 Å². The minimum atomic E-state index is -0.502. The Kier molecular flexibility index (Phi) is 6.13. The molecule has 9 heteroatoms. The summed E-state index contributed by atoms with van der Waals surface area (Å²) in [5.74, 6) is 7.40. The van der Waals surface area contributed by atoms with Gasteiger partial charge in [-0.1, -0.05) is 23.5 Å². The molecule has 1 unspecified atom stereocenters. The van der Waals surface area contributed by atoms with Gasteiger partial charge in [-0.3, -0.25) is 10.2 Å². The Bertz CT molecular complexity index is 466. The lowest BCUT2D eigenvalue weighted by molar-refractivity contribution is -0.124. The molecule has 6 nitrogen and oxygen atoms in total. The molecule has 0 spiro atoms. The molecule has 0 heterocycles. The molecule has 130 valence electrons. The lowest BCUT2D eigenvalue weighted by Crippen LogP contribution is -2.60. The molecule has 0 radical (unpaired) electrons. The van der Waals surface area contributed by atoms with Crippen molar-refractivity contribution in [3.63, 3.8) is 0 Å². The van der Waals surface area contributed by atoms with E-state index >= 15 is 0 Å². The zero-order chi connectivity index (χ0) is 15.7.